The monoisotopic (exact) mass is 338 g/mol. The van der Waals surface area contributed by atoms with E-state index < -0.39 is 6.17 Å². The molecule has 0 saturated carbocycles. The third kappa shape index (κ3) is 2.99. The van der Waals surface area contributed by atoms with Crippen LogP contribution in [0.2, 0.25) is 0 Å². The number of carbonyl (C=O) groups is 1. The van der Waals surface area contributed by atoms with E-state index in [1.807, 2.05) is 35.9 Å². The summed E-state index contributed by atoms with van der Waals surface area (Å²) in [6.07, 6.45) is 3.58. The van der Waals surface area contributed by atoms with Gasteiger partial charge in [0.05, 0.1) is 11.0 Å². The Kier molecular flexibility index (Phi) is 3.95. The average Bonchev–Trinajstić information content (AvgIpc) is 3.05. The van der Waals surface area contributed by atoms with E-state index in [0.717, 1.165) is 22.4 Å². The van der Waals surface area contributed by atoms with Gasteiger partial charge in [-0.25, -0.2) is 14.4 Å². The number of rotatable bonds is 2. The lowest BCUT2D eigenvalue weighted by atomic mass is 10.1. The lowest BCUT2D eigenvalue weighted by Crippen LogP contribution is -2.39. The zero-order valence-corrected chi connectivity index (χ0v) is 14.0. The first-order valence-corrected chi connectivity index (χ1v) is 8.45. The van der Waals surface area contributed by atoms with Crippen molar-refractivity contribution in [2.24, 2.45) is 0 Å². The van der Waals surface area contributed by atoms with Gasteiger partial charge in [-0.3, -0.25) is 9.36 Å². The smallest absolute Gasteiger partial charge is 0.253 e. The Morgan fingerprint density at radius 2 is 1.96 bits per heavy atom. The number of hydrogen-bond donors (Lipinski definition) is 0. The molecule has 5 nitrogen and oxygen atoms in total. The number of likely N-dealkylation sites (tertiary alicyclic amines) is 1. The number of nitrogens with zero attached hydrogens (tertiary/aromatic N) is 4. The molecule has 1 fully saturated rings. The third-order valence-corrected chi connectivity index (χ3v) is 4.65. The summed E-state index contributed by atoms with van der Waals surface area (Å²) in [5, 5.41) is 0. The van der Waals surface area contributed by atoms with E-state index >= 15 is 0 Å². The summed E-state index contributed by atoms with van der Waals surface area (Å²) >= 11 is 0. The number of piperidine rings is 1. The maximum Gasteiger partial charge on any atom is 0.253 e. The molecule has 0 atom stereocenters. The minimum atomic E-state index is -0.788. The van der Waals surface area contributed by atoms with Gasteiger partial charge >= 0.3 is 0 Å². The normalized spacial score (nSPS) is 15.7. The van der Waals surface area contributed by atoms with E-state index in [2.05, 4.69) is 9.97 Å². The number of carbonyl (C=O) groups excluding carboxylic acids is 1. The zero-order valence-electron chi connectivity index (χ0n) is 14.0. The summed E-state index contributed by atoms with van der Waals surface area (Å²) in [5.41, 5.74) is 3.33. The fraction of sp³-hybridized carbons (Fsp3) is 0.316. The summed E-state index contributed by atoms with van der Waals surface area (Å²) in [5.74, 6) is 0.731. The van der Waals surface area contributed by atoms with Gasteiger partial charge in [-0.05, 0) is 49.6 Å². The van der Waals surface area contributed by atoms with Crippen LogP contribution in [0.15, 0.2) is 42.9 Å². The summed E-state index contributed by atoms with van der Waals surface area (Å²) < 4.78 is 15.2. The van der Waals surface area contributed by atoms with Crippen LogP contribution in [0.3, 0.4) is 0 Å². The number of aromatic nitrogens is 3. The van der Waals surface area contributed by atoms with E-state index in [9.17, 15) is 9.18 Å². The second-order valence-corrected chi connectivity index (χ2v) is 6.48. The molecule has 128 valence electrons. The number of imidazole rings is 1. The molecule has 0 spiro atoms. The van der Waals surface area contributed by atoms with Crippen molar-refractivity contribution in [2.75, 3.05) is 13.1 Å². The molecule has 0 N–H and O–H groups in total. The Morgan fingerprint density at radius 1 is 1.16 bits per heavy atom. The molecule has 0 bridgehead atoms. The van der Waals surface area contributed by atoms with Crippen molar-refractivity contribution >= 4 is 16.9 Å². The fourth-order valence-corrected chi connectivity index (χ4v) is 3.16. The molecule has 2 aromatic heterocycles. The van der Waals surface area contributed by atoms with Crippen molar-refractivity contribution in [1.82, 2.24) is 19.4 Å². The van der Waals surface area contributed by atoms with Gasteiger partial charge in [-0.15, -0.1) is 0 Å². The highest BCUT2D eigenvalue weighted by molar-refractivity contribution is 5.97. The van der Waals surface area contributed by atoms with E-state index in [1.54, 1.807) is 23.4 Å². The number of hydrogen-bond acceptors (Lipinski definition) is 3. The van der Waals surface area contributed by atoms with Gasteiger partial charge in [0.1, 0.15) is 18.3 Å². The number of halogens is 1. The molecule has 3 aromatic rings. The highest BCUT2D eigenvalue weighted by Gasteiger charge is 2.23. The molecule has 0 aliphatic carbocycles. The molecule has 25 heavy (non-hydrogen) atoms. The van der Waals surface area contributed by atoms with Gasteiger partial charge in [0.2, 0.25) is 0 Å². The van der Waals surface area contributed by atoms with E-state index in [4.69, 9.17) is 0 Å². The lowest BCUT2D eigenvalue weighted by Gasteiger charge is -2.28. The van der Waals surface area contributed by atoms with Crippen molar-refractivity contribution in [3.05, 3.63) is 54.0 Å². The van der Waals surface area contributed by atoms with Gasteiger partial charge < -0.3 is 4.90 Å². The first-order valence-electron chi connectivity index (χ1n) is 8.45. The van der Waals surface area contributed by atoms with Crippen LogP contribution in [0.4, 0.5) is 4.39 Å². The van der Waals surface area contributed by atoms with Gasteiger partial charge in [-0.2, -0.15) is 0 Å². The molecule has 4 rings (SSSR count). The Morgan fingerprint density at radius 3 is 2.68 bits per heavy atom. The maximum atomic E-state index is 13.3. The topological polar surface area (TPSA) is 51.0 Å². The van der Waals surface area contributed by atoms with Crippen LogP contribution in [0, 0.1) is 6.92 Å². The number of fused-ring (bicyclic) bond motifs is 1. The van der Waals surface area contributed by atoms with Crippen molar-refractivity contribution in [3.8, 4) is 5.82 Å². The van der Waals surface area contributed by atoms with Crippen molar-refractivity contribution in [3.63, 3.8) is 0 Å². The van der Waals surface area contributed by atoms with E-state index in [0.29, 0.717) is 31.5 Å². The number of aryl methyl sites for hydroxylation is 1. The predicted octanol–water partition coefficient (Wildman–Crippen LogP) is 3.30. The number of alkyl halides is 1. The summed E-state index contributed by atoms with van der Waals surface area (Å²) in [7, 11) is 0. The van der Waals surface area contributed by atoms with Crippen LogP contribution in [-0.2, 0) is 0 Å². The van der Waals surface area contributed by atoms with Crippen LogP contribution in [0.5, 0.6) is 0 Å². The largest absolute Gasteiger partial charge is 0.338 e. The zero-order chi connectivity index (χ0) is 17.4. The lowest BCUT2D eigenvalue weighted by molar-refractivity contribution is 0.0667. The Bertz CT molecular complexity index is 911. The molecule has 1 amide bonds. The van der Waals surface area contributed by atoms with Gasteiger partial charge in [0, 0.05) is 24.8 Å². The molecule has 6 heteroatoms. The highest BCUT2D eigenvalue weighted by atomic mass is 19.1. The average molecular weight is 338 g/mol. The number of amides is 1. The molecule has 1 saturated heterocycles. The van der Waals surface area contributed by atoms with Crippen LogP contribution < -0.4 is 0 Å². The molecule has 0 radical (unpaired) electrons. The second kappa shape index (κ2) is 6.27. The van der Waals surface area contributed by atoms with E-state index in [1.165, 1.54) is 0 Å². The van der Waals surface area contributed by atoms with Gasteiger partial charge in [0.25, 0.3) is 5.91 Å². The van der Waals surface area contributed by atoms with Gasteiger partial charge in [-0.1, -0.05) is 6.07 Å². The summed E-state index contributed by atoms with van der Waals surface area (Å²) in [6.45, 7) is 2.94. The van der Waals surface area contributed by atoms with Crippen molar-refractivity contribution in [2.45, 2.75) is 25.9 Å². The Balaban J connectivity index is 1.63. The van der Waals surface area contributed by atoms with Crippen LogP contribution in [-0.4, -0.2) is 44.6 Å². The summed E-state index contributed by atoms with van der Waals surface area (Å²) in [6, 6.07) is 9.43. The first kappa shape index (κ1) is 15.7. The first-order chi connectivity index (χ1) is 12.1. The SMILES string of the molecule is Cc1ccc(-n2cnc3cc(C(=O)N4CCC(F)CC4)ccc32)nc1. The number of pyridine rings is 1. The minimum Gasteiger partial charge on any atom is -0.338 e. The predicted molar refractivity (Wildman–Crippen MR) is 93.6 cm³/mol. The van der Waals surface area contributed by atoms with Crippen molar-refractivity contribution in [1.29, 1.82) is 0 Å². The molecule has 1 aliphatic rings. The van der Waals surface area contributed by atoms with Crippen LogP contribution >= 0.6 is 0 Å². The molecular formula is C19H19FN4O. The van der Waals surface area contributed by atoms with Crippen molar-refractivity contribution < 1.29 is 9.18 Å². The number of benzene rings is 1. The highest BCUT2D eigenvalue weighted by Crippen LogP contribution is 2.21. The molecule has 1 aromatic carbocycles. The minimum absolute atomic E-state index is 0.0585. The molecule has 1 aliphatic heterocycles. The van der Waals surface area contributed by atoms with E-state index in [-0.39, 0.29) is 5.91 Å². The van der Waals surface area contributed by atoms with Crippen LogP contribution in [0.25, 0.3) is 16.9 Å². The Labute approximate surface area is 145 Å². The second-order valence-electron chi connectivity index (χ2n) is 6.48. The quantitative estimate of drug-likeness (QED) is 0.720. The molecule has 0 unspecified atom stereocenters. The maximum absolute atomic E-state index is 13.3. The Hall–Kier alpha value is -2.76. The summed E-state index contributed by atoms with van der Waals surface area (Å²) in [4.78, 5) is 23.2. The standard InChI is InChI=1S/C19H19FN4O/c1-13-2-5-18(21-11-13)24-12-22-16-10-14(3-4-17(16)24)19(25)23-8-6-15(20)7-9-23/h2-5,10-12,15H,6-9H2,1H3. The van der Waals surface area contributed by atoms with Crippen LogP contribution in [0.1, 0.15) is 28.8 Å². The fourth-order valence-electron chi connectivity index (χ4n) is 3.16. The van der Waals surface area contributed by atoms with Gasteiger partial charge in [0.15, 0.2) is 0 Å². The molecule has 3 heterocycles. The molecular weight excluding hydrogens is 319 g/mol. The third-order valence-electron chi connectivity index (χ3n) is 4.65.